The Kier molecular flexibility index (Phi) is 5.94. The molecule has 0 radical (unpaired) electrons. The maximum atomic E-state index is 14.8. The molecule has 42 heavy (non-hydrogen) atoms. The number of benzene rings is 3. The van der Waals surface area contributed by atoms with Gasteiger partial charge in [-0.05, 0) is 53.1 Å². The highest BCUT2D eigenvalue weighted by Crippen LogP contribution is 2.62. The molecule has 3 aliphatic rings. The van der Waals surface area contributed by atoms with Crippen LogP contribution in [-0.2, 0) is 10.2 Å². The number of nitrogens with zero attached hydrogens (tertiary/aromatic N) is 3. The molecule has 7 rings (SSSR count). The highest BCUT2D eigenvalue weighted by atomic mass is 16.5. The zero-order valence-corrected chi connectivity index (χ0v) is 22.3. The summed E-state index contributed by atoms with van der Waals surface area (Å²) in [5.74, 6) is -1.96. The predicted molar refractivity (Wildman–Crippen MR) is 155 cm³/mol. The Balaban J connectivity index is 1.52. The maximum absolute atomic E-state index is 14.8. The van der Waals surface area contributed by atoms with Crippen molar-refractivity contribution in [2.45, 2.75) is 17.5 Å². The first-order chi connectivity index (χ1) is 20.6. The first-order valence-electron chi connectivity index (χ1n) is 13.6. The van der Waals surface area contributed by atoms with Gasteiger partial charge in [-0.25, -0.2) is 0 Å². The topological polar surface area (TPSA) is 112 Å². The standard InChI is InChI=1S/C34H24N4O4/c35-16-19-42-27-14-6-3-11-24(27)31(40)29-28(30(39)22-9-7-17-36-20-22)34(25-12-4-5-13-26(25)37-33(34)41)32-23-10-2-1-8-21(23)15-18-38(29)32/h1-15,17-18,20,28-29,32H,19H2,(H,37,41)/t28-,29+,32-,34+/m1/s1. The monoisotopic (exact) mass is 552 g/mol. The van der Waals surface area contributed by atoms with Crippen molar-refractivity contribution in [2.24, 2.45) is 5.92 Å². The van der Waals surface area contributed by atoms with Crippen molar-refractivity contribution in [3.63, 3.8) is 0 Å². The molecule has 8 heteroatoms. The summed E-state index contributed by atoms with van der Waals surface area (Å²) in [5.41, 5.74) is 2.15. The van der Waals surface area contributed by atoms with Crippen LogP contribution in [0, 0.1) is 17.2 Å². The number of nitriles is 1. The minimum atomic E-state index is -1.44. The van der Waals surface area contributed by atoms with E-state index in [-0.39, 0.29) is 35.4 Å². The van der Waals surface area contributed by atoms with Gasteiger partial charge in [0.2, 0.25) is 5.91 Å². The molecule has 1 N–H and O–H groups in total. The van der Waals surface area contributed by atoms with Crippen molar-refractivity contribution < 1.29 is 19.1 Å². The van der Waals surface area contributed by atoms with E-state index in [0.29, 0.717) is 16.8 Å². The van der Waals surface area contributed by atoms with Gasteiger partial charge in [0.1, 0.15) is 23.3 Å². The van der Waals surface area contributed by atoms with Crippen molar-refractivity contribution >= 4 is 29.2 Å². The first-order valence-corrected chi connectivity index (χ1v) is 13.6. The van der Waals surface area contributed by atoms with E-state index in [0.717, 1.165) is 11.1 Å². The summed E-state index contributed by atoms with van der Waals surface area (Å²) in [6, 6.07) is 25.4. The molecule has 4 atom stereocenters. The van der Waals surface area contributed by atoms with Gasteiger partial charge in [0.15, 0.2) is 18.2 Å². The van der Waals surface area contributed by atoms with Crippen LogP contribution in [0.5, 0.6) is 5.75 Å². The number of nitrogens with one attached hydrogen (secondary N) is 1. The largest absolute Gasteiger partial charge is 0.478 e. The van der Waals surface area contributed by atoms with Gasteiger partial charge in [0.25, 0.3) is 0 Å². The lowest BCUT2D eigenvalue weighted by molar-refractivity contribution is -0.122. The fourth-order valence-electron chi connectivity index (χ4n) is 6.92. The fraction of sp³-hybridized carbons (Fsp3) is 0.147. The molecule has 1 aromatic heterocycles. The molecule has 1 fully saturated rings. The number of hydrogen-bond donors (Lipinski definition) is 1. The maximum Gasteiger partial charge on any atom is 0.238 e. The zero-order chi connectivity index (χ0) is 28.8. The van der Waals surface area contributed by atoms with Crippen molar-refractivity contribution in [2.75, 3.05) is 11.9 Å². The van der Waals surface area contributed by atoms with Crippen LogP contribution < -0.4 is 10.1 Å². The van der Waals surface area contributed by atoms with E-state index < -0.39 is 23.4 Å². The van der Waals surface area contributed by atoms with Gasteiger partial charge in [0, 0.05) is 29.8 Å². The number of fused-ring (bicyclic) bond motifs is 6. The quantitative estimate of drug-likeness (QED) is 0.336. The van der Waals surface area contributed by atoms with E-state index in [1.807, 2.05) is 71.8 Å². The minimum absolute atomic E-state index is 0.233. The zero-order valence-electron chi connectivity index (χ0n) is 22.3. The SMILES string of the molecule is N#CCOc1ccccc1C(=O)[C@@H]1[C@H](C(=O)c2cccnc2)[C@]2(C(=O)Nc3ccccc32)[C@H]2c3ccccc3C=CN12. The summed E-state index contributed by atoms with van der Waals surface area (Å²) in [7, 11) is 0. The lowest BCUT2D eigenvalue weighted by Gasteiger charge is -2.38. The molecule has 1 amide bonds. The number of carbonyl (C=O) groups excluding carboxylic acids is 3. The van der Waals surface area contributed by atoms with Crippen LogP contribution in [0.1, 0.15) is 43.4 Å². The summed E-state index contributed by atoms with van der Waals surface area (Å²) >= 11 is 0. The Bertz CT molecular complexity index is 1830. The summed E-state index contributed by atoms with van der Waals surface area (Å²) in [6.45, 7) is -0.244. The number of aromatic nitrogens is 1. The number of amides is 1. The number of ether oxygens (including phenoxy) is 1. The van der Waals surface area contributed by atoms with Gasteiger partial charge in [-0.1, -0.05) is 54.6 Å². The number of hydrogen-bond acceptors (Lipinski definition) is 7. The molecular formula is C34H24N4O4. The highest BCUT2D eigenvalue weighted by molar-refractivity contribution is 6.17. The molecule has 1 saturated heterocycles. The van der Waals surface area contributed by atoms with Crippen molar-refractivity contribution in [1.29, 1.82) is 5.26 Å². The second-order valence-corrected chi connectivity index (χ2v) is 10.5. The fourth-order valence-corrected chi connectivity index (χ4v) is 6.92. The number of ketones is 2. The molecule has 0 unspecified atom stereocenters. The lowest BCUT2D eigenvalue weighted by atomic mass is 9.62. The summed E-state index contributed by atoms with van der Waals surface area (Å²) in [6.07, 6.45) is 6.78. The van der Waals surface area contributed by atoms with E-state index in [1.54, 1.807) is 42.6 Å². The third-order valence-electron chi connectivity index (χ3n) is 8.51. The van der Waals surface area contributed by atoms with Crippen LogP contribution in [-0.4, -0.2) is 40.0 Å². The number of rotatable bonds is 6. The molecular weight excluding hydrogens is 528 g/mol. The van der Waals surface area contributed by atoms with Gasteiger partial charge in [-0.15, -0.1) is 0 Å². The van der Waals surface area contributed by atoms with E-state index >= 15 is 0 Å². The van der Waals surface area contributed by atoms with Crippen LogP contribution in [0.15, 0.2) is 104 Å². The van der Waals surface area contributed by atoms with Crippen molar-refractivity contribution in [1.82, 2.24) is 9.88 Å². The smallest absolute Gasteiger partial charge is 0.238 e. The molecule has 0 aliphatic carbocycles. The third kappa shape index (κ3) is 3.53. The Morgan fingerprint density at radius 2 is 1.76 bits per heavy atom. The normalized spacial score (nSPS) is 23.0. The molecule has 0 saturated carbocycles. The summed E-state index contributed by atoms with van der Waals surface area (Å²) < 4.78 is 5.64. The third-order valence-corrected chi connectivity index (χ3v) is 8.51. The number of carbonyl (C=O) groups is 3. The average Bonchev–Trinajstić information content (AvgIpc) is 3.52. The van der Waals surface area contributed by atoms with E-state index in [4.69, 9.17) is 10.00 Å². The molecule has 0 bridgehead atoms. The van der Waals surface area contributed by atoms with Crippen LogP contribution in [0.4, 0.5) is 5.69 Å². The predicted octanol–water partition coefficient (Wildman–Crippen LogP) is 4.97. The van der Waals surface area contributed by atoms with Crippen molar-refractivity contribution in [3.8, 4) is 11.8 Å². The minimum Gasteiger partial charge on any atom is -0.478 e. The highest BCUT2D eigenvalue weighted by Gasteiger charge is 2.70. The molecule has 1 spiro atoms. The Morgan fingerprint density at radius 3 is 2.60 bits per heavy atom. The number of anilines is 1. The van der Waals surface area contributed by atoms with Crippen LogP contribution in [0.2, 0.25) is 0 Å². The van der Waals surface area contributed by atoms with Crippen molar-refractivity contribution in [3.05, 3.63) is 131 Å². The van der Waals surface area contributed by atoms with Gasteiger partial charge >= 0.3 is 0 Å². The summed E-state index contributed by atoms with van der Waals surface area (Å²) in [5, 5.41) is 12.2. The molecule has 3 aromatic carbocycles. The number of Topliss-reactive ketones (excluding diaryl/α,β-unsaturated/α-hetero) is 2. The molecule has 4 heterocycles. The Morgan fingerprint density at radius 1 is 0.976 bits per heavy atom. The molecule has 204 valence electrons. The average molecular weight is 553 g/mol. The van der Waals surface area contributed by atoms with Gasteiger partial charge < -0.3 is 15.0 Å². The Labute approximate surface area is 241 Å². The van der Waals surface area contributed by atoms with Crippen LogP contribution >= 0.6 is 0 Å². The van der Waals surface area contributed by atoms with E-state index in [1.165, 1.54) is 6.20 Å². The van der Waals surface area contributed by atoms with Gasteiger partial charge in [-0.2, -0.15) is 5.26 Å². The second kappa shape index (κ2) is 9.82. The lowest BCUT2D eigenvalue weighted by Crippen LogP contribution is -2.49. The number of para-hydroxylation sites is 2. The van der Waals surface area contributed by atoms with E-state index in [9.17, 15) is 14.4 Å². The molecule has 8 nitrogen and oxygen atoms in total. The van der Waals surface area contributed by atoms with Gasteiger partial charge in [0.05, 0.1) is 17.5 Å². The van der Waals surface area contributed by atoms with E-state index in [2.05, 4.69) is 10.3 Å². The molecule has 3 aliphatic heterocycles. The van der Waals surface area contributed by atoms with Gasteiger partial charge in [-0.3, -0.25) is 19.4 Å². The number of pyridine rings is 1. The molecule has 4 aromatic rings. The Hall–Kier alpha value is -5.55. The first kappa shape index (κ1) is 25.4. The summed E-state index contributed by atoms with van der Waals surface area (Å²) in [4.78, 5) is 50.0. The second-order valence-electron chi connectivity index (χ2n) is 10.5. The van der Waals surface area contributed by atoms with Crippen LogP contribution in [0.3, 0.4) is 0 Å². The van der Waals surface area contributed by atoms with Crippen LogP contribution in [0.25, 0.3) is 6.08 Å².